The highest BCUT2D eigenvalue weighted by atomic mass is 35.5. The number of hydrogen-bond acceptors (Lipinski definition) is 3. The summed E-state index contributed by atoms with van der Waals surface area (Å²) >= 11 is 5.73. The Morgan fingerprint density at radius 1 is 1.44 bits per heavy atom. The van der Waals surface area contributed by atoms with Crippen LogP contribution in [0.25, 0.3) is 10.9 Å². The van der Waals surface area contributed by atoms with Crippen LogP contribution < -0.4 is 0 Å². The monoisotopic (exact) mass is 240 g/mol. The topological polar surface area (TPSA) is 85.4 Å². The Morgan fingerprint density at radius 2 is 2.06 bits per heavy atom. The molecule has 0 saturated carbocycles. The zero-order valence-corrected chi connectivity index (χ0v) is 8.51. The summed E-state index contributed by atoms with van der Waals surface area (Å²) in [6.45, 7) is 0. The van der Waals surface area contributed by atoms with Crippen molar-refractivity contribution < 1.29 is 14.8 Å². The minimum absolute atomic E-state index is 0.208. The van der Waals surface area contributed by atoms with Gasteiger partial charge in [0, 0.05) is 11.8 Å². The van der Waals surface area contributed by atoms with E-state index in [2.05, 4.69) is 0 Å². The first kappa shape index (κ1) is 10.4. The first-order valence-corrected chi connectivity index (χ1v) is 4.55. The molecule has 0 fully saturated rings. The molecule has 2 aromatic rings. The van der Waals surface area contributed by atoms with Crippen molar-refractivity contribution in [2.24, 2.45) is 0 Å². The predicted molar refractivity (Wildman–Crippen MR) is 56.8 cm³/mol. The van der Waals surface area contributed by atoms with E-state index < -0.39 is 22.3 Å². The van der Waals surface area contributed by atoms with Crippen LogP contribution >= 0.6 is 11.8 Å². The second-order valence-electron chi connectivity index (χ2n) is 3.06. The van der Waals surface area contributed by atoms with Gasteiger partial charge in [-0.25, -0.2) is 8.88 Å². The number of fused-ring (bicyclic) bond motifs is 1. The molecule has 0 radical (unpaired) electrons. The lowest BCUT2D eigenvalue weighted by atomic mass is 10.2. The highest BCUT2D eigenvalue weighted by molar-refractivity contribution is 6.24. The lowest BCUT2D eigenvalue weighted by Gasteiger charge is -1.93. The number of aromatic nitrogens is 1. The molecule has 1 aromatic heterocycles. The Labute approximate surface area is 93.9 Å². The highest BCUT2D eigenvalue weighted by Crippen LogP contribution is 2.33. The van der Waals surface area contributed by atoms with E-state index in [9.17, 15) is 14.9 Å². The van der Waals surface area contributed by atoms with E-state index in [0.717, 1.165) is 4.09 Å². The van der Waals surface area contributed by atoms with Gasteiger partial charge < -0.3 is 5.11 Å². The fourth-order valence-electron chi connectivity index (χ4n) is 1.56. The molecule has 1 aromatic carbocycles. The highest BCUT2D eigenvalue weighted by Gasteiger charge is 2.30. The third-order valence-corrected chi connectivity index (χ3v) is 2.53. The van der Waals surface area contributed by atoms with Crippen LogP contribution in [0.3, 0.4) is 0 Å². The van der Waals surface area contributed by atoms with E-state index in [1.165, 1.54) is 12.1 Å². The minimum Gasteiger partial charge on any atom is -0.476 e. The van der Waals surface area contributed by atoms with Crippen LogP contribution in [0.1, 0.15) is 10.5 Å². The molecule has 6 nitrogen and oxygen atoms in total. The van der Waals surface area contributed by atoms with Crippen LogP contribution in [-0.4, -0.2) is 20.1 Å². The second kappa shape index (κ2) is 3.49. The zero-order chi connectivity index (χ0) is 11.9. The van der Waals surface area contributed by atoms with E-state index >= 15 is 0 Å². The number of rotatable bonds is 2. The van der Waals surface area contributed by atoms with E-state index in [1.54, 1.807) is 12.1 Å². The Balaban J connectivity index is 2.97. The molecule has 0 amide bonds. The maximum absolute atomic E-state index is 10.9. The Bertz CT molecular complexity index is 605. The molecule has 0 saturated heterocycles. The molecule has 7 heteroatoms. The molecule has 82 valence electrons. The van der Waals surface area contributed by atoms with Gasteiger partial charge in [0.25, 0.3) is 0 Å². The summed E-state index contributed by atoms with van der Waals surface area (Å²) in [6.07, 6.45) is 0. The standard InChI is InChI=1S/C9H5ClN2O4/c10-11-6-4-2-1-3-5(6)7(12(15)16)8(11)9(13)14/h1-4H,(H,13,14). The van der Waals surface area contributed by atoms with Gasteiger partial charge in [-0.1, -0.05) is 12.1 Å². The quantitative estimate of drug-likeness (QED) is 0.644. The molecule has 0 atom stereocenters. The summed E-state index contributed by atoms with van der Waals surface area (Å²) in [6, 6.07) is 6.18. The molecule has 0 aliphatic rings. The number of hydrogen-bond donors (Lipinski definition) is 1. The van der Waals surface area contributed by atoms with Crippen molar-refractivity contribution in [3.05, 3.63) is 40.1 Å². The van der Waals surface area contributed by atoms with Gasteiger partial charge in [0.2, 0.25) is 5.69 Å². The van der Waals surface area contributed by atoms with Crippen LogP contribution in [0, 0.1) is 10.1 Å². The summed E-state index contributed by atoms with van der Waals surface area (Å²) < 4.78 is 0.787. The summed E-state index contributed by atoms with van der Waals surface area (Å²) in [5.74, 6) is -1.43. The number of benzene rings is 1. The third-order valence-electron chi connectivity index (χ3n) is 2.18. The number of nitro groups is 1. The molecule has 1 N–H and O–H groups in total. The van der Waals surface area contributed by atoms with Crippen molar-refractivity contribution >= 4 is 34.3 Å². The Kier molecular flexibility index (Phi) is 2.28. The Morgan fingerprint density at radius 3 is 2.62 bits per heavy atom. The molecule has 0 aliphatic carbocycles. The minimum atomic E-state index is -1.43. The van der Waals surface area contributed by atoms with Crippen molar-refractivity contribution in [1.29, 1.82) is 0 Å². The average Bonchev–Trinajstić information content (AvgIpc) is 2.53. The van der Waals surface area contributed by atoms with Gasteiger partial charge in [-0.3, -0.25) is 10.1 Å². The number of carbonyl (C=O) groups is 1. The van der Waals surface area contributed by atoms with E-state index in [1.807, 2.05) is 0 Å². The van der Waals surface area contributed by atoms with Gasteiger partial charge in [0.05, 0.1) is 15.8 Å². The van der Waals surface area contributed by atoms with Crippen LogP contribution in [0.2, 0.25) is 0 Å². The summed E-state index contributed by atoms with van der Waals surface area (Å²) in [4.78, 5) is 21.0. The molecule has 0 unspecified atom stereocenters. The molecular formula is C9H5ClN2O4. The number of carboxylic acids is 1. The SMILES string of the molecule is O=C(O)c1c([N+](=O)[O-])c2ccccc2n1Cl. The van der Waals surface area contributed by atoms with Crippen molar-refractivity contribution in [2.45, 2.75) is 0 Å². The maximum Gasteiger partial charge on any atom is 0.361 e. The van der Waals surface area contributed by atoms with Crippen LogP contribution in [0.5, 0.6) is 0 Å². The van der Waals surface area contributed by atoms with Crippen LogP contribution in [0.4, 0.5) is 5.69 Å². The number of para-hydroxylation sites is 1. The summed E-state index contributed by atoms with van der Waals surface area (Å²) in [5, 5.41) is 19.9. The lowest BCUT2D eigenvalue weighted by Crippen LogP contribution is -2.04. The zero-order valence-electron chi connectivity index (χ0n) is 7.75. The van der Waals surface area contributed by atoms with E-state index in [-0.39, 0.29) is 5.39 Å². The van der Waals surface area contributed by atoms with Gasteiger partial charge in [-0.05, 0) is 12.1 Å². The second-order valence-corrected chi connectivity index (χ2v) is 3.40. The average molecular weight is 241 g/mol. The van der Waals surface area contributed by atoms with Gasteiger partial charge >= 0.3 is 11.7 Å². The molecular weight excluding hydrogens is 236 g/mol. The maximum atomic E-state index is 10.9. The largest absolute Gasteiger partial charge is 0.476 e. The molecule has 16 heavy (non-hydrogen) atoms. The Hall–Kier alpha value is -2.08. The molecule has 2 rings (SSSR count). The summed E-state index contributed by atoms with van der Waals surface area (Å²) in [5.41, 5.74) is -0.723. The fraction of sp³-hybridized carbons (Fsp3) is 0. The van der Waals surface area contributed by atoms with Gasteiger partial charge in [-0.2, -0.15) is 0 Å². The summed E-state index contributed by atoms with van der Waals surface area (Å²) in [7, 11) is 0. The van der Waals surface area contributed by atoms with Gasteiger partial charge in [0.15, 0.2) is 0 Å². The van der Waals surface area contributed by atoms with Crippen LogP contribution in [-0.2, 0) is 0 Å². The van der Waals surface area contributed by atoms with Crippen molar-refractivity contribution in [3.8, 4) is 0 Å². The third kappa shape index (κ3) is 1.31. The number of carboxylic acid groups (broad SMARTS) is 1. The number of aromatic carboxylic acids is 1. The van der Waals surface area contributed by atoms with Gasteiger partial charge in [0.1, 0.15) is 0 Å². The number of halogens is 1. The van der Waals surface area contributed by atoms with Crippen molar-refractivity contribution in [3.63, 3.8) is 0 Å². The normalized spacial score (nSPS) is 10.6. The lowest BCUT2D eigenvalue weighted by molar-refractivity contribution is -0.383. The van der Waals surface area contributed by atoms with Gasteiger partial charge in [-0.15, -0.1) is 0 Å². The van der Waals surface area contributed by atoms with Crippen molar-refractivity contribution in [1.82, 2.24) is 4.09 Å². The predicted octanol–water partition coefficient (Wildman–Crippen LogP) is 2.25. The molecule has 0 bridgehead atoms. The fourth-order valence-corrected chi connectivity index (χ4v) is 1.86. The smallest absolute Gasteiger partial charge is 0.361 e. The van der Waals surface area contributed by atoms with Crippen molar-refractivity contribution in [2.75, 3.05) is 0 Å². The molecule has 0 aliphatic heterocycles. The molecule has 0 spiro atoms. The number of nitrogens with zero attached hydrogens (tertiary/aromatic N) is 2. The van der Waals surface area contributed by atoms with E-state index in [0.29, 0.717) is 5.52 Å². The van der Waals surface area contributed by atoms with E-state index in [4.69, 9.17) is 16.9 Å². The first-order chi connectivity index (χ1) is 7.54. The van der Waals surface area contributed by atoms with Crippen LogP contribution in [0.15, 0.2) is 24.3 Å². The first-order valence-electron chi connectivity index (χ1n) is 4.21. The molecule has 1 heterocycles.